The van der Waals surface area contributed by atoms with Gasteiger partial charge in [-0.05, 0) is 64.7 Å². The number of carbonyl (C=O) groups excluding carboxylic acids is 2. The molecule has 0 radical (unpaired) electrons. The molecule has 2 aromatic rings. The first-order valence-electron chi connectivity index (χ1n) is 10.5. The SMILES string of the molecule is Cc1ccc(C(=O)N2CCC(C(=O)NCCCn3nc(C)c(C)c3C)CC2)cc1. The van der Waals surface area contributed by atoms with Crippen LogP contribution in [0.1, 0.15) is 52.1 Å². The number of carbonyl (C=O) groups is 2. The number of aryl methyl sites for hydroxylation is 3. The number of piperidine rings is 1. The normalized spacial score (nSPS) is 14.8. The lowest BCUT2D eigenvalue weighted by Gasteiger charge is -2.31. The topological polar surface area (TPSA) is 67.2 Å². The van der Waals surface area contributed by atoms with Gasteiger partial charge in [0.15, 0.2) is 0 Å². The largest absolute Gasteiger partial charge is 0.356 e. The summed E-state index contributed by atoms with van der Waals surface area (Å²) >= 11 is 0. The van der Waals surface area contributed by atoms with E-state index in [0.29, 0.717) is 19.6 Å². The van der Waals surface area contributed by atoms with E-state index in [0.717, 1.165) is 42.6 Å². The number of nitrogens with zero attached hydrogens (tertiary/aromatic N) is 3. The summed E-state index contributed by atoms with van der Waals surface area (Å²) in [4.78, 5) is 26.9. The van der Waals surface area contributed by atoms with E-state index in [4.69, 9.17) is 0 Å². The maximum absolute atomic E-state index is 12.6. The molecule has 0 bridgehead atoms. The predicted molar refractivity (Wildman–Crippen MR) is 114 cm³/mol. The van der Waals surface area contributed by atoms with Crippen LogP contribution in [0.15, 0.2) is 24.3 Å². The molecule has 6 heteroatoms. The number of rotatable bonds is 6. The first-order chi connectivity index (χ1) is 13.9. The van der Waals surface area contributed by atoms with Gasteiger partial charge in [-0.1, -0.05) is 17.7 Å². The van der Waals surface area contributed by atoms with Crippen molar-refractivity contribution in [3.8, 4) is 0 Å². The van der Waals surface area contributed by atoms with Gasteiger partial charge in [-0.25, -0.2) is 0 Å². The highest BCUT2D eigenvalue weighted by Crippen LogP contribution is 2.19. The number of hydrogen-bond acceptors (Lipinski definition) is 3. The molecule has 1 aromatic carbocycles. The molecule has 1 aliphatic heterocycles. The van der Waals surface area contributed by atoms with Gasteiger partial charge in [0.25, 0.3) is 5.91 Å². The minimum atomic E-state index is -0.00649. The van der Waals surface area contributed by atoms with Crippen LogP contribution in [0.3, 0.4) is 0 Å². The van der Waals surface area contributed by atoms with E-state index < -0.39 is 0 Å². The van der Waals surface area contributed by atoms with Crippen LogP contribution in [0.5, 0.6) is 0 Å². The average molecular weight is 397 g/mol. The molecule has 29 heavy (non-hydrogen) atoms. The van der Waals surface area contributed by atoms with Gasteiger partial charge in [-0.3, -0.25) is 14.3 Å². The third-order valence-corrected chi connectivity index (χ3v) is 6.04. The standard InChI is InChI=1S/C23H32N4O2/c1-16-6-8-21(9-7-16)23(29)26-14-10-20(11-15-26)22(28)24-12-5-13-27-19(4)17(2)18(3)25-27/h6-9,20H,5,10-15H2,1-4H3,(H,24,28). The van der Waals surface area contributed by atoms with Crippen molar-refractivity contribution in [1.82, 2.24) is 20.0 Å². The molecule has 0 spiro atoms. The van der Waals surface area contributed by atoms with E-state index in [9.17, 15) is 9.59 Å². The molecule has 156 valence electrons. The van der Waals surface area contributed by atoms with Crippen LogP contribution in [0.2, 0.25) is 0 Å². The number of likely N-dealkylation sites (tertiary alicyclic amines) is 1. The second-order valence-electron chi connectivity index (χ2n) is 8.10. The minimum absolute atomic E-state index is 0.00649. The van der Waals surface area contributed by atoms with Gasteiger partial charge in [-0.2, -0.15) is 5.10 Å². The maximum atomic E-state index is 12.6. The molecule has 1 saturated heterocycles. The van der Waals surface area contributed by atoms with E-state index in [2.05, 4.69) is 24.3 Å². The highest BCUT2D eigenvalue weighted by atomic mass is 16.2. The van der Waals surface area contributed by atoms with Crippen molar-refractivity contribution in [2.45, 2.75) is 53.5 Å². The molecule has 3 rings (SSSR count). The Balaban J connectivity index is 1.40. The first kappa shape index (κ1) is 21.1. The Morgan fingerprint density at radius 1 is 1.07 bits per heavy atom. The van der Waals surface area contributed by atoms with Crippen molar-refractivity contribution in [2.24, 2.45) is 5.92 Å². The lowest BCUT2D eigenvalue weighted by molar-refractivity contribution is -0.126. The monoisotopic (exact) mass is 396 g/mol. The highest BCUT2D eigenvalue weighted by Gasteiger charge is 2.27. The lowest BCUT2D eigenvalue weighted by Crippen LogP contribution is -2.43. The molecule has 6 nitrogen and oxygen atoms in total. The molecular formula is C23H32N4O2. The van der Waals surface area contributed by atoms with Crippen LogP contribution in [-0.4, -0.2) is 46.1 Å². The summed E-state index contributed by atoms with van der Waals surface area (Å²) in [6, 6.07) is 7.67. The van der Waals surface area contributed by atoms with Crippen LogP contribution in [0.4, 0.5) is 0 Å². The van der Waals surface area contributed by atoms with Gasteiger partial charge in [-0.15, -0.1) is 0 Å². The number of aromatic nitrogens is 2. The molecule has 1 aromatic heterocycles. The molecule has 2 amide bonds. The number of benzene rings is 1. The second kappa shape index (κ2) is 9.25. The molecule has 1 N–H and O–H groups in total. The summed E-state index contributed by atoms with van der Waals surface area (Å²) in [5.74, 6) is 0.161. The second-order valence-corrected chi connectivity index (χ2v) is 8.10. The lowest BCUT2D eigenvalue weighted by atomic mass is 9.95. The fourth-order valence-corrected chi connectivity index (χ4v) is 3.81. The van der Waals surface area contributed by atoms with Crippen molar-refractivity contribution in [2.75, 3.05) is 19.6 Å². The molecule has 1 aliphatic rings. The predicted octanol–water partition coefficient (Wildman–Crippen LogP) is 3.18. The summed E-state index contributed by atoms with van der Waals surface area (Å²) in [6.45, 7) is 10.9. The van der Waals surface area contributed by atoms with Crippen molar-refractivity contribution in [3.63, 3.8) is 0 Å². The molecule has 0 atom stereocenters. The van der Waals surface area contributed by atoms with E-state index >= 15 is 0 Å². The number of amides is 2. The van der Waals surface area contributed by atoms with E-state index in [1.165, 1.54) is 11.3 Å². The Hall–Kier alpha value is -2.63. The van der Waals surface area contributed by atoms with Gasteiger partial charge in [0.1, 0.15) is 0 Å². The van der Waals surface area contributed by atoms with Crippen LogP contribution < -0.4 is 5.32 Å². The Bertz CT molecular complexity index is 862. The summed E-state index contributed by atoms with van der Waals surface area (Å²) in [5, 5.41) is 7.60. The van der Waals surface area contributed by atoms with Crippen LogP contribution in [0, 0.1) is 33.6 Å². The molecule has 0 saturated carbocycles. The zero-order valence-corrected chi connectivity index (χ0v) is 18.0. The molecule has 2 heterocycles. The van der Waals surface area contributed by atoms with Crippen LogP contribution in [-0.2, 0) is 11.3 Å². The fourth-order valence-electron chi connectivity index (χ4n) is 3.81. The number of hydrogen-bond donors (Lipinski definition) is 1. The van der Waals surface area contributed by atoms with E-state index in [1.807, 2.05) is 47.7 Å². The molecule has 1 fully saturated rings. The number of nitrogens with one attached hydrogen (secondary N) is 1. The van der Waals surface area contributed by atoms with E-state index in [1.54, 1.807) is 0 Å². The first-order valence-corrected chi connectivity index (χ1v) is 10.5. The Labute approximate surface area is 173 Å². The Morgan fingerprint density at radius 2 is 1.72 bits per heavy atom. The van der Waals surface area contributed by atoms with Crippen LogP contribution in [0.25, 0.3) is 0 Å². The van der Waals surface area contributed by atoms with Gasteiger partial charge in [0.05, 0.1) is 5.69 Å². The van der Waals surface area contributed by atoms with Gasteiger partial charge >= 0.3 is 0 Å². The third kappa shape index (κ3) is 5.05. The fraction of sp³-hybridized carbons (Fsp3) is 0.522. The van der Waals surface area contributed by atoms with Crippen molar-refractivity contribution >= 4 is 11.8 Å². The average Bonchev–Trinajstić information content (AvgIpc) is 2.98. The van der Waals surface area contributed by atoms with Gasteiger partial charge in [0, 0.05) is 43.4 Å². The Kier molecular flexibility index (Phi) is 6.72. The summed E-state index contributed by atoms with van der Waals surface area (Å²) < 4.78 is 2.02. The van der Waals surface area contributed by atoms with Gasteiger partial charge in [0.2, 0.25) is 5.91 Å². The highest BCUT2D eigenvalue weighted by molar-refractivity contribution is 5.94. The van der Waals surface area contributed by atoms with Crippen molar-refractivity contribution < 1.29 is 9.59 Å². The minimum Gasteiger partial charge on any atom is -0.356 e. The van der Waals surface area contributed by atoms with Crippen molar-refractivity contribution in [1.29, 1.82) is 0 Å². The molecular weight excluding hydrogens is 364 g/mol. The van der Waals surface area contributed by atoms with E-state index in [-0.39, 0.29) is 17.7 Å². The smallest absolute Gasteiger partial charge is 0.253 e. The zero-order valence-electron chi connectivity index (χ0n) is 18.0. The summed E-state index contributed by atoms with van der Waals surface area (Å²) in [5.41, 5.74) is 5.36. The maximum Gasteiger partial charge on any atom is 0.253 e. The van der Waals surface area contributed by atoms with Gasteiger partial charge < -0.3 is 10.2 Å². The zero-order chi connectivity index (χ0) is 21.0. The molecule has 0 unspecified atom stereocenters. The Morgan fingerprint density at radius 3 is 2.31 bits per heavy atom. The summed E-state index contributed by atoms with van der Waals surface area (Å²) in [7, 11) is 0. The third-order valence-electron chi connectivity index (χ3n) is 6.04. The molecule has 0 aliphatic carbocycles. The quantitative estimate of drug-likeness (QED) is 0.763. The summed E-state index contributed by atoms with van der Waals surface area (Å²) in [6.07, 6.45) is 2.30. The van der Waals surface area contributed by atoms with Crippen LogP contribution >= 0.6 is 0 Å². The van der Waals surface area contributed by atoms with Crippen molar-refractivity contribution in [3.05, 3.63) is 52.3 Å².